The summed E-state index contributed by atoms with van der Waals surface area (Å²) in [6, 6.07) is 4.05. The van der Waals surface area contributed by atoms with Gasteiger partial charge in [0.2, 0.25) is 0 Å². The van der Waals surface area contributed by atoms with Crippen LogP contribution >= 0.6 is 11.8 Å². The summed E-state index contributed by atoms with van der Waals surface area (Å²) < 4.78 is 0. The van der Waals surface area contributed by atoms with Crippen LogP contribution in [0, 0.1) is 13.8 Å². The number of thioether (sulfide) groups is 1. The van der Waals surface area contributed by atoms with Gasteiger partial charge in [-0.3, -0.25) is 0 Å². The lowest BCUT2D eigenvalue weighted by molar-refractivity contribution is 0.194. The molecule has 82 valence electrons. The molecule has 1 aromatic carbocycles. The van der Waals surface area contributed by atoms with Crippen molar-refractivity contribution in [1.29, 1.82) is 0 Å². The van der Waals surface area contributed by atoms with Crippen LogP contribution in [0.2, 0.25) is 0 Å². The second-order valence-electron chi connectivity index (χ2n) is 3.42. The molecule has 0 radical (unpaired) electrons. The summed E-state index contributed by atoms with van der Waals surface area (Å²) in [5.41, 5.74) is 3.40. The summed E-state index contributed by atoms with van der Waals surface area (Å²) in [5, 5.41) is 10.9. The van der Waals surface area contributed by atoms with Crippen molar-refractivity contribution in [3.8, 4) is 0 Å². The van der Waals surface area contributed by atoms with E-state index in [-0.39, 0.29) is 0 Å². The Morgan fingerprint density at radius 3 is 2.33 bits per heavy atom. The van der Waals surface area contributed by atoms with Gasteiger partial charge in [-0.1, -0.05) is 12.1 Å². The van der Waals surface area contributed by atoms with Gasteiger partial charge in [0, 0.05) is 11.4 Å². The Hall–Kier alpha value is -1.16. The van der Waals surface area contributed by atoms with Gasteiger partial charge in [0.05, 0.1) is 0 Å². The third kappa shape index (κ3) is 3.16. The molecule has 0 unspecified atom stereocenters. The number of carboxylic acid groups (broad SMARTS) is 1. The van der Waals surface area contributed by atoms with E-state index in [9.17, 15) is 4.79 Å². The van der Waals surface area contributed by atoms with E-state index in [0.29, 0.717) is 6.54 Å². The van der Waals surface area contributed by atoms with Crippen molar-refractivity contribution in [2.24, 2.45) is 0 Å². The number of hydrogen-bond acceptors (Lipinski definition) is 2. The van der Waals surface area contributed by atoms with Gasteiger partial charge in [-0.2, -0.15) is 0 Å². The molecular formula is C11H15NO2S. The Balaban J connectivity index is 2.88. The topological polar surface area (TPSA) is 49.3 Å². The maximum Gasteiger partial charge on any atom is 0.404 e. The molecule has 1 rings (SSSR count). The number of carbonyl (C=O) groups is 1. The van der Waals surface area contributed by atoms with Crippen molar-refractivity contribution in [2.75, 3.05) is 6.26 Å². The number of hydrogen-bond donors (Lipinski definition) is 2. The van der Waals surface area contributed by atoms with Gasteiger partial charge in [0.25, 0.3) is 0 Å². The van der Waals surface area contributed by atoms with Crippen LogP contribution in [0.4, 0.5) is 4.79 Å². The number of rotatable bonds is 3. The SMILES string of the molecule is CSc1c(C)cc(CNC(=O)O)cc1C. The maximum atomic E-state index is 10.4. The highest BCUT2D eigenvalue weighted by Crippen LogP contribution is 2.25. The number of nitrogens with one attached hydrogen (secondary N) is 1. The molecule has 0 aliphatic carbocycles. The van der Waals surface area contributed by atoms with Crippen molar-refractivity contribution < 1.29 is 9.90 Å². The number of benzene rings is 1. The zero-order valence-corrected chi connectivity index (χ0v) is 9.94. The monoisotopic (exact) mass is 225 g/mol. The van der Waals surface area contributed by atoms with Crippen LogP contribution in [0.15, 0.2) is 17.0 Å². The van der Waals surface area contributed by atoms with Gasteiger partial charge in [-0.25, -0.2) is 4.79 Å². The molecule has 0 bridgehead atoms. The summed E-state index contributed by atoms with van der Waals surface area (Å²) in [6.07, 6.45) is 1.06. The van der Waals surface area contributed by atoms with Crippen LogP contribution in [0.25, 0.3) is 0 Å². The summed E-state index contributed by atoms with van der Waals surface area (Å²) in [6.45, 7) is 4.46. The van der Waals surface area contributed by atoms with Crippen LogP contribution in [0.3, 0.4) is 0 Å². The summed E-state index contributed by atoms with van der Waals surface area (Å²) >= 11 is 1.72. The molecule has 15 heavy (non-hydrogen) atoms. The molecule has 0 saturated heterocycles. The van der Waals surface area contributed by atoms with Gasteiger partial charge in [-0.05, 0) is 36.8 Å². The minimum atomic E-state index is -0.987. The first-order valence-electron chi connectivity index (χ1n) is 4.65. The molecular weight excluding hydrogens is 210 g/mol. The first-order valence-corrected chi connectivity index (χ1v) is 5.88. The number of aryl methyl sites for hydroxylation is 2. The van der Waals surface area contributed by atoms with E-state index in [4.69, 9.17) is 5.11 Å². The van der Waals surface area contributed by atoms with E-state index in [0.717, 1.165) is 5.56 Å². The molecule has 0 fully saturated rings. The summed E-state index contributed by atoms with van der Waals surface area (Å²) in [7, 11) is 0. The fourth-order valence-electron chi connectivity index (χ4n) is 1.64. The highest BCUT2D eigenvalue weighted by molar-refractivity contribution is 7.98. The Morgan fingerprint density at radius 1 is 1.40 bits per heavy atom. The molecule has 3 nitrogen and oxygen atoms in total. The Morgan fingerprint density at radius 2 is 1.93 bits per heavy atom. The fourth-order valence-corrected chi connectivity index (χ4v) is 2.40. The Bertz CT molecular complexity index is 354. The predicted octanol–water partition coefficient (Wildman–Crippen LogP) is 2.79. The minimum Gasteiger partial charge on any atom is -0.465 e. The average molecular weight is 225 g/mol. The van der Waals surface area contributed by atoms with Crippen molar-refractivity contribution in [3.63, 3.8) is 0 Å². The predicted molar refractivity (Wildman–Crippen MR) is 62.6 cm³/mol. The molecule has 0 aromatic heterocycles. The normalized spacial score (nSPS) is 10.1. The van der Waals surface area contributed by atoms with Gasteiger partial charge >= 0.3 is 6.09 Å². The molecule has 1 aromatic rings. The molecule has 0 heterocycles. The molecule has 0 spiro atoms. The van der Waals surface area contributed by atoms with Crippen LogP contribution in [0.1, 0.15) is 16.7 Å². The van der Waals surface area contributed by atoms with E-state index >= 15 is 0 Å². The zero-order chi connectivity index (χ0) is 11.4. The van der Waals surface area contributed by atoms with Gasteiger partial charge in [0.1, 0.15) is 0 Å². The van der Waals surface area contributed by atoms with Crippen LogP contribution < -0.4 is 5.32 Å². The lowest BCUT2D eigenvalue weighted by Gasteiger charge is -2.10. The first-order chi connectivity index (χ1) is 7.04. The molecule has 0 aliphatic rings. The van der Waals surface area contributed by atoms with Crippen molar-refractivity contribution in [3.05, 3.63) is 28.8 Å². The van der Waals surface area contributed by atoms with Gasteiger partial charge in [-0.15, -0.1) is 11.8 Å². The van der Waals surface area contributed by atoms with Crippen molar-refractivity contribution >= 4 is 17.9 Å². The largest absolute Gasteiger partial charge is 0.465 e. The minimum absolute atomic E-state index is 0.367. The van der Waals surface area contributed by atoms with Gasteiger partial charge < -0.3 is 10.4 Å². The molecule has 0 aliphatic heterocycles. The van der Waals surface area contributed by atoms with Crippen LogP contribution in [-0.4, -0.2) is 17.5 Å². The van der Waals surface area contributed by atoms with Crippen LogP contribution in [0.5, 0.6) is 0 Å². The Labute approximate surface area is 93.9 Å². The molecule has 2 N–H and O–H groups in total. The Kier molecular flexibility index (Phi) is 4.03. The standard InChI is InChI=1S/C11H15NO2S/c1-7-4-9(6-12-11(13)14)5-8(2)10(7)15-3/h4-5,12H,6H2,1-3H3,(H,13,14). The second kappa shape index (κ2) is 5.07. The van der Waals surface area contributed by atoms with E-state index in [1.54, 1.807) is 11.8 Å². The van der Waals surface area contributed by atoms with Crippen LogP contribution in [-0.2, 0) is 6.54 Å². The van der Waals surface area contributed by atoms with E-state index < -0.39 is 6.09 Å². The van der Waals surface area contributed by atoms with E-state index in [1.807, 2.05) is 32.2 Å². The summed E-state index contributed by atoms with van der Waals surface area (Å²) in [5.74, 6) is 0. The van der Waals surface area contributed by atoms with Crippen molar-refractivity contribution in [1.82, 2.24) is 5.32 Å². The van der Waals surface area contributed by atoms with E-state index in [2.05, 4.69) is 5.32 Å². The lowest BCUT2D eigenvalue weighted by Crippen LogP contribution is -2.20. The van der Waals surface area contributed by atoms with Gasteiger partial charge in [0.15, 0.2) is 0 Å². The quantitative estimate of drug-likeness (QED) is 0.778. The first kappa shape index (κ1) is 11.9. The zero-order valence-electron chi connectivity index (χ0n) is 9.13. The number of amides is 1. The highest BCUT2D eigenvalue weighted by atomic mass is 32.2. The molecule has 0 atom stereocenters. The lowest BCUT2D eigenvalue weighted by atomic mass is 10.1. The maximum absolute atomic E-state index is 10.4. The third-order valence-corrected chi connectivity index (χ3v) is 3.22. The molecule has 1 amide bonds. The summed E-state index contributed by atoms with van der Waals surface area (Å²) in [4.78, 5) is 11.6. The molecule has 0 saturated carbocycles. The van der Waals surface area contributed by atoms with E-state index in [1.165, 1.54) is 16.0 Å². The fraction of sp³-hybridized carbons (Fsp3) is 0.364. The molecule has 4 heteroatoms. The smallest absolute Gasteiger partial charge is 0.404 e. The highest BCUT2D eigenvalue weighted by Gasteiger charge is 2.04. The third-order valence-electron chi connectivity index (χ3n) is 2.17. The average Bonchev–Trinajstić information content (AvgIpc) is 2.14. The second-order valence-corrected chi connectivity index (χ2v) is 4.24. The van der Waals surface area contributed by atoms with Crippen molar-refractivity contribution in [2.45, 2.75) is 25.3 Å².